The molecule has 0 fully saturated rings. The molecule has 0 bridgehead atoms. The van der Waals surface area contributed by atoms with Gasteiger partial charge < -0.3 is 10.4 Å². The minimum absolute atomic E-state index is 0.250. The van der Waals surface area contributed by atoms with E-state index in [-0.39, 0.29) is 11.4 Å². The number of nitrogens with one attached hydrogen (secondary N) is 1. The zero-order chi connectivity index (χ0) is 18.3. The molecule has 0 radical (unpaired) electrons. The molecule has 0 amide bonds. The third kappa shape index (κ3) is 4.04. The number of nitrogens with zero attached hydrogens (tertiary/aromatic N) is 2. The summed E-state index contributed by atoms with van der Waals surface area (Å²) in [5.74, 6) is 0. The van der Waals surface area contributed by atoms with Crippen LogP contribution in [0.3, 0.4) is 0 Å². The highest BCUT2D eigenvalue weighted by Crippen LogP contribution is 2.24. The predicted octanol–water partition coefficient (Wildman–Crippen LogP) is 1.74. The van der Waals surface area contributed by atoms with Crippen LogP contribution < -0.4 is 5.32 Å². The number of carboxylic acid groups (broad SMARTS) is 1. The summed E-state index contributed by atoms with van der Waals surface area (Å²) >= 11 is 0. The van der Waals surface area contributed by atoms with Crippen molar-refractivity contribution in [3.8, 4) is 0 Å². The number of aromatic nitrogens is 2. The van der Waals surface area contributed by atoms with Crippen molar-refractivity contribution in [3.63, 3.8) is 0 Å². The number of pyridine rings is 1. The Balaban J connectivity index is 0.000000701. The fraction of sp³-hybridized carbons (Fsp3) is 0.176. The molecular weight excluding hydrogens is 342 g/mol. The van der Waals surface area contributed by atoms with Crippen molar-refractivity contribution in [2.45, 2.75) is 11.3 Å². The van der Waals surface area contributed by atoms with Gasteiger partial charge >= 0.3 is 0 Å². The van der Waals surface area contributed by atoms with Gasteiger partial charge in [-0.1, -0.05) is 18.2 Å². The van der Waals surface area contributed by atoms with Gasteiger partial charge in [-0.2, -0.15) is 0 Å². The SMILES string of the molecule is CNCCc1cn(S(=O)(=O)c2ccccc2)c2cccnc12.O=CO. The molecule has 7 nitrogen and oxygen atoms in total. The summed E-state index contributed by atoms with van der Waals surface area (Å²) in [4.78, 5) is 13.0. The maximum atomic E-state index is 12.9. The first-order chi connectivity index (χ1) is 12.1. The van der Waals surface area contributed by atoms with E-state index in [4.69, 9.17) is 9.90 Å². The molecule has 0 spiro atoms. The summed E-state index contributed by atoms with van der Waals surface area (Å²) in [5, 5.41) is 9.96. The van der Waals surface area contributed by atoms with Gasteiger partial charge in [-0.3, -0.25) is 9.78 Å². The number of rotatable bonds is 5. The largest absolute Gasteiger partial charge is 0.483 e. The van der Waals surface area contributed by atoms with Crippen molar-refractivity contribution in [2.24, 2.45) is 0 Å². The van der Waals surface area contributed by atoms with E-state index in [1.54, 1.807) is 54.9 Å². The van der Waals surface area contributed by atoms with Crippen LogP contribution in [-0.2, 0) is 21.2 Å². The molecule has 0 aliphatic carbocycles. The van der Waals surface area contributed by atoms with E-state index < -0.39 is 10.0 Å². The number of hydrogen-bond donors (Lipinski definition) is 2. The smallest absolute Gasteiger partial charge is 0.290 e. The Morgan fingerprint density at radius 2 is 1.88 bits per heavy atom. The fourth-order valence-electron chi connectivity index (χ4n) is 2.44. The van der Waals surface area contributed by atoms with Gasteiger partial charge in [0.2, 0.25) is 0 Å². The quantitative estimate of drug-likeness (QED) is 0.671. The maximum Gasteiger partial charge on any atom is 0.290 e. The lowest BCUT2D eigenvalue weighted by Crippen LogP contribution is -2.12. The molecule has 3 aromatic rings. The zero-order valence-corrected chi connectivity index (χ0v) is 14.5. The molecule has 0 saturated carbocycles. The molecule has 0 aliphatic heterocycles. The van der Waals surface area contributed by atoms with Crippen LogP contribution in [0, 0.1) is 0 Å². The molecule has 2 heterocycles. The van der Waals surface area contributed by atoms with Gasteiger partial charge in [0.15, 0.2) is 0 Å². The van der Waals surface area contributed by atoms with Gasteiger partial charge in [0, 0.05) is 12.4 Å². The first kappa shape index (κ1) is 18.6. The van der Waals surface area contributed by atoms with Crippen LogP contribution in [0.4, 0.5) is 0 Å². The minimum atomic E-state index is -3.61. The Morgan fingerprint density at radius 1 is 1.20 bits per heavy atom. The third-order valence-corrected chi connectivity index (χ3v) is 5.23. The number of benzene rings is 1. The van der Waals surface area contributed by atoms with Crippen LogP contribution >= 0.6 is 0 Å². The van der Waals surface area contributed by atoms with E-state index in [1.165, 1.54) is 3.97 Å². The average Bonchev–Trinajstić information content (AvgIpc) is 3.01. The van der Waals surface area contributed by atoms with Crippen LogP contribution in [0.5, 0.6) is 0 Å². The molecule has 2 N–H and O–H groups in total. The number of hydrogen-bond acceptors (Lipinski definition) is 5. The predicted molar refractivity (Wildman–Crippen MR) is 95.1 cm³/mol. The van der Waals surface area contributed by atoms with E-state index in [0.29, 0.717) is 5.52 Å². The van der Waals surface area contributed by atoms with Crippen molar-refractivity contribution in [2.75, 3.05) is 13.6 Å². The summed E-state index contributed by atoms with van der Waals surface area (Å²) < 4.78 is 27.0. The molecular formula is C17H19N3O4S. The van der Waals surface area contributed by atoms with Crippen molar-refractivity contribution >= 4 is 27.5 Å². The molecule has 1 aromatic carbocycles. The van der Waals surface area contributed by atoms with Gasteiger partial charge in [0.1, 0.15) is 0 Å². The Labute approximate surface area is 146 Å². The lowest BCUT2D eigenvalue weighted by molar-refractivity contribution is -0.122. The Kier molecular flexibility index (Phi) is 6.26. The van der Waals surface area contributed by atoms with Gasteiger partial charge in [-0.05, 0) is 49.8 Å². The standard InChI is InChI=1S/C16H17N3O2S.CH2O2/c1-17-11-9-13-12-19(15-8-5-10-18-16(13)15)22(20,21)14-6-3-2-4-7-14;2-1-3/h2-8,10,12,17H,9,11H2,1H3;1H,(H,2,3). The van der Waals surface area contributed by atoms with Crippen molar-refractivity contribution < 1.29 is 18.3 Å². The van der Waals surface area contributed by atoms with Crippen molar-refractivity contribution in [1.82, 2.24) is 14.3 Å². The Morgan fingerprint density at radius 3 is 2.52 bits per heavy atom. The summed E-state index contributed by atoms with van der Waals surface area (Å²) in [6, 6.07) is 12.0. The van der Waals surface area contributed by atoms with E-state index in [2.05, 4.69) is 10.3 Å². The number of carbonyl (C=O) groups is 1. The molecule has 3 rings (SSSR count). The van der Waals surface area contributed by atoms with Crippen LogP contribution in [-0.4, -0.2) is 42.5 Å². The van der Waals surface area contributed by atoms with Crippen LogP contribution in [0.25, 0.3) is 11.0 Å². The van der Waals surface area contributed by atoms with E-state index >= 15 is 0 Å². The summed E-state index contributed by atoms with van der Waals surface area (Å²) in [5.41, 5.74) is 2.26. The first-order valence-electron chi connectivity index (χ1n) is 7.54. The molecule has 0 saturated heterocycles. The van der Waals surface area contributed by atoms with Crippen LogP contribution in [0.15, 0.2) is 59.8 Å². The minimum Gasteiger partial charge on any atom is -0.483 e. The average molecular weight is 361 g/mol. The first-order valence-corrected chi connectivity index (χ1v) is 8.98. The number of likely N-dealkylation sites (N-methyl/N-ethyl adjacent to an activating group) is 1. The third-order valence-electron chi connectivity index (χ3n) is 3.55. The topological polar surface area (TPSA) is 101 Å². The second kappa shape index (κ2) is 8.41. The second-order valence-corrected chi connectivity index (χ2v) is 6.91. The van der Waals surface area contributed by atoms with Crippen molar-refractivity contribution in [1.29, 1.82) is 0 Å². The highest BCUT2D eigenvalue weighted by atomic mass is 32.2. The molecule has 132 valence electrons. The summed E-state index contributed by atoms with van der Waals surface area (Å²) in [6.45, 7) is 0.515. The van der Waals surface area contributed by atoms with Gasteiger partial charge in [-0.15, -0.1) is 0 Å². The summed E-state index contributed by atoms with van der Waals surface area (Å²) in [7, 11) is -1.75. The Hall–Kier alpha value is -2.71. The second-order valence-electron chi connectivity index (χ2n) is 5.10. The highest BCUT2D eigenvalue weighted by Gasteiger charge is 2.21. The lowest BCUT2D eigenvalue weighted by Gasteiger charge is -2.06. The lowest BCUT2D eigenvalue weighted by atomic mass is 10.2. The zero-order valence-electron chi connectivity index (χ0n) is 13.7. The summed E-state index contributed by atoms with van der Waals surface area (Å²) in [6.07, 6.45) is 4.09. The molecule has 2 aromatic heterocycles. The van der Waals surface area contributed by atoms with E-state index in [9.17, 15) is 8.42 Å². The molecule has 0 aliphatic rings. The monoisotopic (exact) mass is 361 g/mol. The highest BCUT2D eigenvalue weighted by molar-refractivity contribution is 7.90. The maximum absolute atomic E-state index is 12.9. The van der Waals surface area contributed by atoms with Gasteiger partial charge in [0.25, 0.3) is 16.5 Å². The molecule has 0 atom stereocenters. The molecule has 25 heavy (non-hydrogen) atoms. The molecule has 8 heteroatoms. The van der Waals surface area contributed by atoms with Gasteiger partial charge in [0.05, 0.1) is 15.9 Å². The van der Waals surface area contributed by atoms with E-state index in [0.717, 1.165) is 24.0 Å². The van der Waals surface area contributed by atoms with Crippen LogP contribution in [0.2, 0.25) is 0 Å². The normalized spacial score (nSPS) is 10.9. The molecule has 0 unspecified atom stereocenters. The van der Waals surface area contributed by atoms with Crippen LogP contribution in [0.1, 0.15) is 5.56 Å². The van der Waals surface area contributed by atoms with Gasteiger partial charge in [-0.25, -0.2) is 12.4 Å². The van der Waals surface area contributed by atoms with Crippen molar-refractivity contribution in [3.05, 3.63) is 60.4 Å². The Bertz CT molecular complexity index is 937. The fourth-order valence-corrected chi connectivity index (χ4v) is 3.84. The number of fused-ring (bicyclic) bond motifs is 1. The van der Waals surface area contributed by atoms with E-state index in [1.807, 2.05) is 7.05 Å².